The van der Waals surface area contributed by atoms with Crippen molar-refractivity contribution in [2.45, 2.75) is 57.9 Å². The van der Waals surface area contributed by atoms with Gasteiger partial charge < -0.3 is 15.1 Å². The van der Waals surface area contributed by atoms with Crippen molar-refractivity contribution >= 4 is 17.3 Å². The predicted octanol–water partition coefficient (Wildman–Crippen LogP) is 6.02. The van der Waals surface area contributed by atoms with Crippen LogP contribution in [0.25, 0.3) is 0 Å². The quantitative estimate of drug-likeness (QED) is 0.393. The lowest BCUT2D eigenvalue weighted by Crippen LogP contribution is -2.47. The number of aromatic nitrogens is 1. The van der Waals surface area contributed by atoms with Gasteiger partial charge in [0.1, 0.15) is 5.69 Å². The number of piperidine rings is 1. The molecule has 0 aliphatic carbocycles. The van der Waals surface area contributed by atoms with E-state index in [1.807, 2.05) is 18.7 Å². The first-order chi connectivity index (χ1) is 19.9. The number of pyridine rings is 1. The summed E-state index contributed by atoms with van der Waals surface area (Å²) in [4.78, 5) is 22.2. The number of rotatable bonds is 7. The van der Waals surface area contributed by atoms with Gasteiger partial charge in [0.25, 0.3) is 0 Å². The molecule has 1 aromatic carbocycles. The van der Waals surface area contributed by atoms with Crippen LogP contribution in [0.15, 0.2) is 36.5 Å². The zero-order valence-electron chi connectivity index (χ0n) is 23.7. The molecule has 2 aliphatic heterocycles. The van der Waals surface area contributed by atoms with Crippen molar-refractivity contribution in [1.29, 1.82) is 5.26 Å². The van der Waals surface area contributed by atoms with Gasteiger partial charge in [0.2, 0.25) is 5.91 Å². The van der Waals surface area contributed by atoms with Crippen LogP contribution in [0.3, 0.4) is 0 Å². The van der Waals surface area contributed by atoms with Crippen LogP contribution in [0.5, 0.6) is 0 Å². The third-order valence-electron chi connectivity index (χ3n) is 7.30. The zero-order valence-corrected chi connectivity index (χ0v) is 23.7. The van der Waals surface area contributed by atoms with E-state index in [0.29, 0.717) is 63.2 Å². The van der Waals surface area contributed by atoms with Crippen LogP contribution in [0.2, 0.25) is 0 Å². The maximum Gasteiger partial charge on any atom is 0.433 e. The fourth-order valence-electron chi connectivity index (χ4n) is 5.06. The van der Waals surface area contributed by atoms with Gasteiger partial charge in [-0.2, -0.15) is 31.6 Å². The van der Waals surface area contributed by atoms with Crippen molar-refractivity contribution in [3.05, 3.63) is 53.3 Å². The number of nitrogens with one attached hydrogen (secondary N) is 1. The summed E-state index contributed by atoms with van der Waals surface area (Å²) >= 11 is 0. The van der Waals surface area contributed by atoms with E-state index < -0.39 is 29.2 Å². The van der Waals surface area contributed by atoms with Gasteiger partial charge in [-0.25, -0.2) is 4.98 Å². The van der Waals surface area contributed by atoms with Crippen molar-refractivity contribution < 1.29 is 31.1 Å². The number of carbonyl (C=O) groups is 1. The highest BCUT2D eigenvalue weighted by molar-refractivity contribution is 5.76. The Bertz CT molecular complexity index is 1200. The summed E-state index contributed by atoms with van der Waals surface area (Å²) in [6.07, 6.45) is -5.54. The van der Waals surface area contributed by atoms with Crippen molar-refractivity contribution in [2.24, 2.45) is 0 Å². The maximum atomic E-state index is 13.2. The van der Waals surface area contributed by atoms with E-state index in [1.165, 1.54) is 18.3 Å². The molecule has 0 atom stereocenters. The largest absolute Gasteiger partial charge is 0.433 e. The van der Waals surface area contributed by atoms with E-state index >= 15 is 0 Å². The number of hydrogen-bond acceptors (Lipinski definition) is 6. The fourth-order valence-corrected chi connectivity index (χ4v) is 5.06. The number of piperazine rings is 1. The normalized spacial score (nSPS) is 16.8. The SMILES string of the molecule is CC.N#Cc1ccc(NC2CCN(C(=O)CCCN3CCN(c4ccc(C(F)(F)F)nc4)CC3)CC2)cc1C(F)(F)F. The molecule has 1 amide bonds. The van der Waals surface area contributed by atoms with E-state index in [4.69, 9.17) is 5.26 Å². The number of nitriles is 1. The van der Waals surface area contributed by atoms with E-state index in [0.717, 1.165) is 37.8 Å². The summed E-state index contributed by atoms with van der Waals surface area (Å²) in [6.45, 7) is 8.55. The maximum absolute atomic E-state index is 13.2. The van der Waals surface area contributed by atoms with E-state index in [-0.39, 0.29) is 11.9 Å². The lowest BCUT2D eigenvalue weighted by Gasteiger charge is -2.36. The van der Waals surface area contributed by atoms with Crippen LogP contribution in [0.4, 0.5) is 37.7 Å². The third-order valence-corrected chi connectivity index (χ3v) is 7.30. The average Bonchev–Trinajstić information content (AvgIpc) is 2.98. The lowest BCUT2D eigenvalue weighted by atomic mass is 10.0. The summed E-state index contributed by atoms with van der Waals surface area (Å²) < 4.78 is 77.8. The minimum absolute atomic E-state index is 0.0469. The van der Waals surface area contributed by atoms with Gasteiger partial charge in [-0.05, 0) is 56.1 Å². The monoisotopic (exact) mass is 598 g/mol. The fraction of sp³-hybridized carbons (Fsp3) is 0.552. The second kappa shape index (κ2) is 14.6. The summed E-state index contributed by atoms with van der Waals surface area (Å²) in [6, 6.07) is 7.51. The second-order valence-electron chi connectivity index (χ2n) is 10.0. The topological polar surface area (TPSA) is 75.5 Å². The number of hydrogen-bond donors (Lipinski definition) is 1. The van der Waals surface area contributed by atoms with Gasteiger partial charge in [-0.1, -0.05) is 13.8 Å². The summed E-state index contributed by atoms with van der Waals surface area (Å²) in [7, 11) is 0. The van der Waals surface area contributed by atoms with E-state index in [9.17, 15) is 31.1 Å². The number of halogens is 6. The molecule has 2 aromatic rings. The molecule has 0 unspecified atom stereocenters. The van der Waals surface area contributed by atoms with Gasteiger partial charge in [-0.3, -0.25) is 9.69 Å². The van der Waals surface area contributed by atoms with Crippen LogP contribution in [0.1, 0.15) is 56.4 Å². The predicted molar refractivity (Wildman–Crippen MR) is 148 cm³/mol. The average molecular weight is 599 g/mol. The van der Waals surface area contributed by atoms with Gasteiger partial charge >= 0.3 is 12.4 Å². The van der Waals surface area contributed by atoms with Gasteiger partial charge in [0, 0.05) is 57.4 Å². The van der Waals surface area contributed by atoms with E-state index in [1.54, 1.807) is 11.0 Å². The van der Waals surface area contributed by atoms with E-state index in [2.05, 4.69) is 15.2 Å². The van der Waals surface area contributed by atoms with Crippen LogP contribution < -0.4 is 10.2 Å². The molecule has 3 heterocycles. The van der Waals surface area contributed by atoms with Gasteiger partial charge in [0.15, 0.2) is 0 Å². The van der Waals surface area contributed by atoms with Crippen LogP contribution in [-0.2, 0) is 17.1 Å². The zero-order chi connectivity index (χ0) is 30.9. The van der Waals surface area contributed by atoms with Crippen molar-refractivity contribution in [3.8, 4) is 6.07 Å². The lowest BCUT2D eigenvalue weighted by molar-refractivity contribution is -0.141. The van der Waals surface area contributed by atoms with Gasteiger partial charge in [0.05, 0.1) is 29.1 Å². The Morgan fingerprint density at radius 1 is 0.976 bits per heavy atom. The molecular weight excluding hydrogens is 562 g/mol. The highest BCUT2D eigenvalue weighted by Gasteiger charge is 2.34. The molecular formula is C29H36F6N6O. The number of likely N-dealkylation sites (tertiary alicyclic amines) is 1. The van der Waals surface area contributed by atoms with Crippen LogP contribution >= 0.6 is 0 Å². The Labute approximate surface area is 242 Å². The highest BCUT2D eigenvalue weighted by atomic mass is 19.4. The highest BCUT2D eigenvalue weighted by Crippen LogP contribution is 2.34. The number of benzene rings is 1. The van der Waals surface area contributed by atoms with Gasteiger partial charge in [-0.15, -0.1) is 0 Å². The number of carbonyl (C=O) groups excluding carboxylic acids is 1. The first kappa shape index (κ1) is 33.0. The standard InChI is InChI=1S/C27H30F6N6O.C2H6/c28-26(29,30)23-16-21(4-3-19(23)17-34)36-20-7-10-39(11-8-20)25(40)2-1-9-37-12-14-38(15-13-37)22-5-6-24(35-18-22)27(31,32)33;1-2/h3-6,16,18,20,36H,1-2,7-15H2;1-2H3. The third kappa shape index (κ3) is 8.98. The Kier molecular flexibility index (Phi) is 11.4. The Hall–Kier alpha value is -3.53. The molecule has 1 N–H and O–H groups in total. The Balaban J connectivity index is 0.00000237. The summed E-state index contributed by atoms with van der Waals surface area (Å²) in [5.74, 6) is 0.0469. The van der Waals surface area contributed by atoms with Crippen LogP contribution in [-0.4, -0.2) is 72.5 Å². The smallest absolute Gasteiger partial charge is 0.382 e. The second-order valence-corrected chi connectivity index (χ2v) is 10.0. The Morgan fingerprint density at radius 2 is 1.64 bits per heavy atom. The van der Waals surface area contributed by atoms with Crippen molar-refractivity contribution in [2.75, 3.05) is 56.0 Å². The van der Waals surface area contributed by atoms with Crippen LogP contribution in [0, 0.1) is 11.3 Å². The number of amides is 1. The van der Waals surface area contributed by atoms with Crippen molar-refractivity contribution in [3.63, 3.8) is 0 Å². The minimum atomic E-state index is -4.62. The molecule has 2 saturated heterocycles. The summed E-state index contributed by atoms with van der Waals surface area (Å²) in [5, 5.41) is 12.1. The van der Waals surface area contributed by atoms with Crippen molar-refractivity contribution in [1.82, 2.24) is 14.8 Å². The molecule has 2 fully saturated rings. The molecule has 1 aromatic heterocycles. The molecule has 0 spiro atoms. The summed E-state index contributed by atoms with van der Waals surface area (Å²) in [5.41, 5.74) is -1.35. The molecule has 4 rings (SSSR count). The first-order valence-electron chi connectivity index (χ1n) is 14.1. The molecule has 230 valence electrons. The Morgan fingerprint density at radius 3 is 2.19 bits per heavy atom. The minimum Gasteiger partial charge on any atom is -0.382 e. The first-order valence-corrected chi connectivity index (χ1v) is 14.1. The number of alkyl halides is 6. The number of anilines is 2. The molecule has 0 radical (unpaired) electrons. The molecule has 2 aliphatic rings. The molecule has 7 nitrogen and oxygen atoms in total. The molecule has 0 bridgehead atoms. The molecule has 42 heavy (non-hydrogen) atoms. The molecule has 0 saturated carbocycles. The molecule has 13 heteroatoms. The number of nitrogens with zero attached hydrogens (tertiary/aromatic N) is 5.